The summed E-state index contributed by atoms with van der Waals surface area (Å²) in [6.07, 6.45) is 5.81. The van der Waals surface area contributed by atoms with E-state index < -0.39 is 0 Å². The first-order valence-electron chi connectivity index (χ1n) is 6.27. The van der Waals surface area contributed by atoms with Gasteiger partial charge in [-0.3, -0.25) is 14.3 Å². The van der Waals surface area contributed by atoms with Crippen LogP contribution in [0.3, 0.4) is 0 Å². The third kappa shape index (κ3) is 2.29. The highest BCUT2D eigenvalue weighted by molar-refractivity contribution is 5.71. The molecule has 2 aromatic heterocycles. The van der Waals surface area contributed by atoms with E-state index in [1.165, 1.54) is 0 Å². The highest BCUT2D eigenvalue weighted by Crippen LogP contribution is 2.24. The minimum absolute atomic E-state index is 0.222. The summed E-state index contributed by atoms with van der Waals surface area (Å²) < 4.78 is 7.29. The number of hydrogen-bond acceptors (Lipinski definition) is 5. The van der Waals surface area contributed by atoms with Gasteiger partial charge in [0.1, 0.15) is 6.23 Å². The second-order valence-electron chi connectivity index (χ2n) is 4.71. The zero-order valence-corrected chi connectivity index (χ0v) is 11.3. The molecular weight excluding hydrogens is 260 g/mol. The fraction of sp³-hybridized carbons (Fsp3) is 0.417. The lowest BCUT2D eigenvalue weighted by Gasteiger charge is -2.10. The highest BCUT2D eigenvalue weighted by atomic mass is 16.5. The molecule has 1 N–H and O–H groups in total. The van der Waals surface area contributed by atoms with Crippen LogP contribution in [0.25, 0.3) is 11.2 Å². The van der Waals surface area contributed by atoms with Crippen molar-refractivity contribution in [3.8, 4) is 0 Å². The second kappa shape index (κ2) is 5.04. The van der Waals surface area contributed by atoms with Crippen LogP contribution in [0, 0.1) is 6.42 Å². The van der Waals surface area contributed by atoms with Gasteiger partial charge in [0, 0.05) is 27.1 Å². The molecule has 1 fully saturated rings. The Hall–Kier alpha value is -2.22. The molecule has 8 nitrogen and oxygen atoms in total. The van der Waals surface area contributed by atoms with Crippen molar-refractivity contribution in [3.63, 3.8) is 0 Å². The Labute approximate surface area is 115 Å². The SMILES string of the molecule is CN(C)/C=N/c1nc2c(ncn2C2[CH]CCO2)c(=O)[nH]1. The summed E-state index contributed by atoms with van der Waals surface area (Å²) in [6, 6.07) is 0. The van der Waals surface area contributed by atoms with Gasteiger partial charge < -0.3 is 9.64 Å². The van der Waals surface area contributed by atoms with Gasteiger partial charge >= 0.3 is 0 Å². The lowest BCUT2D eigenvalue weighted by molar-refractivity contribution is 0.0746. The molecule has 2 aromatic rings. The van der Waals surface area contributed by atoms with Crippen LogP contribution in [0.1, 0.15) is 12.6 Å². The van der Waals surface area contributed by atoms with E-state index in [0.29, 0.717) is 12.3 Å². The molecule has 1 unspecified atom stereocenters. The third-order valence-electron chi connectivity index (χ3n) is 2.88. The molecule has 0 amide bonds. The summed E-state index contributed by atoms with van der Waals surface area (Å²) in [6.45, 7) is 0.666. The fourth-order valence-corrected chi connectivity index (χ4v) is 1.99. The van der Waals surface area contributed by atoms with Crippen molar-refractivity contribution in [3.05, 3.63) is 23.1 Å². The number of aromatic nitrogens is 4. The Morgan fingerprint density at radius 1 is 1.60 bits per heavy atom. The van der Waals surface area contributed by atoms with Crippen LogP contribution in [0.4, 0.5) is 5.95 Å². The minimum atomic E-state index is -0.308. The maximum atomic E-state index is 12.0. The topological polar surface area (TPSA) is 88.4 Å². The molecule has 20 heavy (non-hydrogen) atoms. The first-order chi connectivity index (χ1) is 9.65. The van der Waals surface area contributed by atoms with Crippen LogP contribution >= 0.6 is 0 Å². The van der Waals surface area contributed by atoms with Gasteiger partial charge in [-0.15, -0.1) is 0 Å². The predicted molar refractivity (Wildman–Crippen MR) is 73.9 cm³/mol. The number of aromatic amines is 1. The van der Waals surface area contributed by atoms with E-state index in [4.69, 9.17) is 4.74 Å². The summed E-state index contributed by atoms with van der Waals surface area (Å²) in [4.78, 5) is 28.8. The summed E-state index contributed by atoms with van der Waals surface area (Å²) >= 11 is 0. The minimum Gasteiger partial charge on any atom is -0.369 e. The number of nitrogens with one attached hydrogen (secondary N) is 1. The van der Waals surface area contributed by atoms with Crippen molar-refractivity contribution in [1.82, 2.24) is 24.4 Å². The molecule has 0 saturated carbocycles. The van der Waals surface area contributed by atoms with Crippen LogP contribution in [-0.2, 0) is 4.74 Å². The molecule has 0 spiro atoms. The normalized spacial score (nSPS) is 19.2. The van der Waals surface area contributed by atoms with E-state index >= 15 is 0 Å². The van der Waals surface area contributed by atoms with Gasteiger partial charge in [-0.05, 0) is 6.42 Å². The average molecular weight is 275 g/mol. The number of rotatable bonds is 3. The monoisotopic (exact) mass is 275 g/mol. The Bertz CT molecular complexity index is 696. The van der Waals surface area contributed by atoms with Crippen molar-refractivity contribution in [2.75, 3.05) is 20.7 Å². The number of fused-ring (bicyclic) bond motifs is 1. The third-order valence-corrected chi connectivity index (χ3v) is 2.88. The Balaban J connectivity index is 2.08. The zero-order valence-electron chi connectivity index (χ0n) is 11.3. The molecule has 3 rings (SSSR count). The van der Waals surface area contributed by atoms with Crippen LogP contribution < -0.4 is 5.56 Å². The molecular formula is C12H15N6O2. The standard InChI is InChI=1S/C12H15N6O2/c1-17(2)6-14-12-15-10-9(11(19)16-12)13-7-18(10)8-4-3-5-20-8/h4,6-8H,3,5H2,1-2H3,(H,15,16,19)/b14-6+. The summed E-state index contributed by atoms with van der Waals surface area (Å²) in [5.41, 5.74) is 0.457. The number of H-pyrrole nitrogens is 1. The first kappa shape index (κ1) is 12.8. The first-order valence-corrected chi connectivity index (χ1v) is 6.27. The van der Waals surface area contributed by atoms with Gasteiger partial charge in [0.25, 0.3) is 5.56 Å². The van der Waals surface area contributed by atoms with Gasteiger partial charge in [-0.2, -0.15) is 4.98 Å². The van der Waals surface area contributed by atoms with Crippen LogP contribution in [0.2, 0.25) is 0 Å². The smallest absolute Gasteiger partial charge is 0.280 e. The second-order valence-corrected chi connectivity index (χ2v) is 4.71. The lowest BCUT2D eigenvalue weighted by atomic mass is 10.3. The maximum Gasteiger partial charge on any atom is 0.280 e. The number of hydrogen-bond donors (Lipinski definition) is 1. The van der Waals surface area contributed by atoms with E-state index in [0.717, 1.165) is 6.42 Å². The van der Waals surface area contributed by atoms with Crippen molar-refractivity contribution in [2.24, 2.45) is 4.99 Å². The molecule has 105 valence electrons. The predicted octanol–water partition coefficient (Wildman–Crippen LogP) is 0.464. The van der Waals surface area contributed by atoms with Gasteiger partial charge in [0.05, 0.1) is 12.7 Å². The molecule has 1 aliphatic heterocycles. The van der Waals surface area contributed by atoms with Crippen molar-refractivity contribution in [1.29, 1.82) is 0 Å². The number of imidazole rings is 1. The van der Waals surface area contributed by atoms with Crippen molar-refractivity contribution in [2.45, 2.75) is 12.6 Å². The van der Waals surface area contributed by atoms with Crippen LogP contribution in [0.15, 0.2) is 16.1 Å². The van der Waals surface area contributed by atoms with Crippen molar-refractivity contribution < 1.29 is 4.74 Å². The van der Waals surface area contributed by atoms with E-state index in [2.05, 4.69) is 19.9 Å². The lowest BCUT2D eigenvalue weighted by Crippen LogP contribution is -2.12. The van der Waals surface area contributed by atoms with Gasteiger partial charge in [0.15, 0.2) is 11.2 Å². The number of ether oxygens (including phenoxy) is 1. The largest absolute Gasteiger partial charge is 0.369 e. The molecule has 1 radical (unpaired) electrons. The highest BCUT2D eigenvalue weighted by Gasteiger charge is 2.21. The fourth-order valence-electron chi connectivity index (χ4n) is 1.99. The Morgan fingerprint density at radius 2 is 2.45 bits per heavy atom. The molecule has 3 heterocycles. The van der Waals surface area contributed by atoms with Crippen LogP contribution in [0.5, 0.6) is 0 Å². The zero-order chi connectivity index (χ0) is 14.1. The molecule has 1 atom stereocenters. The summed E-state index contributed by atoms with van der Waals surface area (Å²) in [5.74, 6) is 0.246. The maximum absolute atomic E-state index is 12.0. The molecule has 8 heteroatoms. The Kier molecular flexibility index (Phi) is 3.23. The quantitative estimate of drug-likeness (QED) is 0.649. The van der Waals surface area contributed by atoms with E-state index in [1.54, 1.807) is 22.1 Å². The Morgan fingerprint density at radius 3 is 3.15 bits per heavy atom. The van der Waals surface area contributed by atoms with Crippen LogP contribution in [-0.4, -0.2) is 51.5 Å². The summed E-state index contributed by atoms with van der Waals surface area (Å²) in [7, 11) is 3.68. The van der Waals surface area contributed by atoms with Crippen molar-refractivity contribution >= 4 is 23.5 Å². The molecule has 1 saturated heterocycles. The number of nitrogens with zero attached hydrogens (tertiary/aromatic N) is 5. The average Bonchev–Trinajstić information content (AvgIpc) is 3.04. The number of aliphatic imine (C=N–C) groups is 1. The molecule has 0 aromatic carbocycles. The van der Waals surface area contributed by atoms with Gasteiger partial charge in [-0.1, -0.05) is 0 Å². The molecule has 0 bridgehead atoms. The summed E-state index contributed by atoms with van der Waals surface area (Å²) in [5, 5.41) is 0. The van der Waals surface area contributed by atoms with Gasteiger partial charge in [0.2, 0.25) is 5.95 Å². The van der Waals surface area contributed by atoms with E-state index in [1.807, 2.05) is 20.5 Å². The van der Waals surface area contributed by atoms with Gasteiger partial charge in [-0.25, -0.2) is 9.98 Å². The van der Waals surface area contributed by atoms with E-state index in [9.17, 15) is 4.79 Å². The molecule has 0 aliphatic carbocycles. The molecule has 1 aliphatic rings. The van der Waals surface area contributed by atoms with E-state index in [-0.39, 0.29) is 23.3 Å².